The number of nitrogens with zero attached hydrogens (tertiary/aromatic N) is 3. The molecule has 0 spiro atoms. The minimum absolute atomic E-state index is 0.380. The Bertz CT molecular complexity index is 635. The predicted octanol–water partition coefficient (Wildman–Crippen LogP) is 1.08. The van der Waals surface area contributed by atoms with Crippen LogP contribution in [0.15, 0.2) is 18.2 Å². The molecule has 136 valence electrons. The van der Waals surface area contributed by atoms with Crippen molar-refractivity contribution < 1.29 is 14.4 Å². The molecule has 0 bridgehead atoms. The highest BCUT2D eigenvalue weighted by molar-refractivity contribution is 6.39. The van der Waals surface area contributed by atoms with Crippen LogP contribution in [0.2, 0.25) is 0 Å². The summed E-state index contributed by atoms with van der Waals surface area (Å²) < 4.78 is 0. The summed E-state index contributed by atoms with van der Waals surface area (Å²) in [5, 5.41) is 2.70. The molecule has 0 atom stereocenters. The first kappa shape index (κ1) is 18.8. The number of nitrogens with one attached hydrogen (secondary N) is 1. The summed E-state index contributed by atoms with van der Waals surface area (Å²) in [6, 6.07) is 5.79. The Balaban J connectivity index is 2.00. The zero-order chi connectivity index (χ0) is 18.4. The molecule has 0 saturated carbocycles. The van der Waals surface area contributed by atoms with Crippen LogP contribution in [0.5, 0.6) is 0 Å². The Morgan fingerprint density at radius 2 is 1.80 bits per heavy atom. The SMILES string of the molecule is CCN(CC)c1ccc(NC(=O)C(=O)N2CCN(C=O)CC2)c(C)c1. The van der Waals surface area contributed by atoms with Gasteiger partial charge in [-0.05, 0) is 44.5 Å². The van der Waals surface area contributed by atoms with Gasteiger partial charge < -0.3 is 20.0 Å². The highest BCUT2D eigenvalue weighted by Crippen LogP contribution is 2.22. The fraction of sp³-hybridized carbons (Fsp3) is 0.500. The Hall–Kier alpha value is -2.57. The van der Waals surface area contributed by atoms with E-state index in [4.69, 9.17) is 0 Å². The van der Waals surface area contributed by atoms with Crippen molar-refractivity contribution in [1.29, 1.82) is 0 Å². The van der Waals surface area contributed by atoms with Crippen LogP contribution in [-0.2, 0) is 14.4 Å². The Morgan fingerprint density at radius 1 is 1.16 bits per heavy atom. The van der Waals surface area contributed by atoms with Gasteiger partial charge in [0, 0.05) is 50.6 Å². The van der Waals surface area contributed by atoms with E-state index in [2.05, 4.69) is 24.1 Å². The molecular formula is C18H26N4O3. The van der Waals surface area contributed by atoms with Crippen molar-refractivity contribution in [3.8, 4) is 0 Å². The van der Waals surface area contributed by atoms with Crippen LogP contribution in [0.3, 0.4) is 0 Å². The average Bonchev–Trinajstić information content (AvgIpc) is 2.64. The van der Waals surface area contributed by atoms with Crippen molar-refractivity contribution in [1.82, 2.24) is 9.80 Å². The second kappa shape index (κ2) is 8.50. The summed E-state index contributed by atoms with van der Waals surface area (Å²) in [6.45, 7) is 9.60. The number of carbonyl (C=O) groups is 3. The van der Waals surface area contributed by atoms with Crippen LogP contribution in [0, 0.1) is 6.92 Å². The molecule has 0 radical (unpaired) electrons. The fourth-order valence-electron chi connectivity index (χ4n) is 2.92. The zero-order valence-corrected chi connectivity index (χ0v) is 15.1. The summed E-state index contributed by atoms with van der Waals surface area (Å²) in [7, 11) is 0. The topological polar surface area (TPSA) is 73.0 Å². The maximum Gasteiger partial charge on any atom is 0.313 e. The minimum atomic E-state index is -0.641. The number of hydrogen-bond donors (Lipinski definition) is 1. The first-order valence-electron chi connectivity index (χ1n) is 8.65. The van der Waals surface area contributed by atoms with Gasteiger partial charge in [0.1, 0.15) is 0 Å². The molecule has 7 heteroatoms. The highest BCUT2D eigenvalue weighted by atomic mass is 16.2. The van der Waals surface area contributed by atoms with Crippen molar-refractivity contribution in [2.24, 2.45) is 0 Å². The summed E-state index contributed by atoms with van der Waals surface area (Å²) in [5.41, 5.74) is 2.65. The van der Waals surface area contributed by atoms with Gasteiger partial charge in [-0.25, -0.2) is 0 Å². The maximum atomic E-state index is 12.3. The lowest BCUT2D eigenvalue weighted by atomic mass is 10.1. The lowest BCUT2D eigenvalue weighted by Gasteiger charge is -2.32. The Labute approximate surface area is 148 Å². The summed E-state index contributed by atoms with van der Waals surface area (Å²) in [6.07, 6.45) is 0.767. The van der Waals surface area contributed by atoms with Crippen LogP contribution in [-0.4, -0.2) is 67.3 Å². The van der Waals surface area contributed by atoms with E-state index in [1.54, 1.807) is 4.90 Å². The highest BCUT2D eigenvalue weighted by Gasteiger charge is 2.25. The molecule has 1 saturated heterocycles. The van der Waals surface area contributed by atoms with Gasteiger partial charge in [-0.15, -0.1) is 0 Å². The number of aryl methyl sites for hydroxylation is 1. The number of anilines is 2. The smallest absolute Gasteiger partial charge is 0.313 e. The minimum Gasteiger partial charge on any atom is -0.372 e. The van der Waals surface area contributed by atoms with E-state index < -0.39 is 11.8 Å². The first-order valence-corrected chi connectivity index (χ1v) is 8.65. The average molecular weight is 346 g/mol. The van der Waals surface area contributed by atoms with Crippen molar-refractivity contribution in [2.45, 2.75) is 20.8 Å². The molecule has 1 aliphatic heterocycles. The number of carbonyl (C=O) groups excluding carboxylic acids is 3. The van der Waals surface area contributed by atoms with Gasteiger partial charge in [0.2, 0.25) is 6.41 Å². The van der Waals surface area contributed by atoms with Crippen molar-refractivity contribution in [3.63, 3.8) is 0 Å². The summed E-state index contributed by atoms with van der Waals surface area (Å²) in [4.78, 5) is 40.5. The third-order valence-corrected chi connectivity index (χ3v) is 4.53. The number of hydrogen-bond acceptors (Lipinski definition) is 4. The monoisotopic (exact) mass is 346 g/mol. The van der Waals surface area contributed by atoms with E-state index in [-0.39, 0.29) is 0 Å². The first-order chi connectivity index (χ1) is 12.0. The molecule has 25 heavy (non-hydrogen) atoms. The van der Waals surface area contributed by atoms with E-state index in [1.165, 1.54) is 4.90 Å². The third kappa shape index (κ3) is 4.49. The number of piperazine rings is 1. The molecule has 1 N–H and O–H groups in total. The van der Waals surface area contributed by atoms with Crippen LogP contribution in [0.1, 0.15) is 19.4 Å². The zero-order valence-electron chi connectivity index (χ0n) is 15.1. The normalized spacial score (nSPS) is 14.2. The van der Waals surface area contributed by atoms with E-state index in [9.17, 15) is 14.4 Å². The maximum absolute atomic E-state index is 12.3. The Kier molecular flexibility index (Phi) is 6.38. The van der Waals surface area contributed by atoms with Gasteiger partial charge in [0.05, 0.1) is 0 Å². The lowest BCUT2D eigenvalue weighted by molar-refractivity contribution is -0.144. The number of benzene rings is 1. The molecule has 1 aromatic rings. The quantitative estimate of drug-likeness (QED) is 0.640. The van der Waals surface area contributed by atoms with Crippen LogP contribution in [0.25, 0.3) is 0 Å². The third-order valence-electron chi connectivity index (χ3n) is 4.53. The number of amides is 3. The van der Waals surface area contributed by atoms with E-state index in [1.807, 2.05) is 25.1 Å². The molecule has 2 rings (SSSR count). The van der Waals surface area contributed by atoms with Crippen LogP contribution < -0.4 is 10.2 Å². The van der Waals surface area contributed by atoms with Crippen LogP contribution in [0.4, 0.5) is 11.4 Å². The molecule has 1 heterocycles. The molecule has 3 amide bonds. The second-order valence-corrected chi connectivity index (χ2v) is 6.06. The summed E-state index contributed by atoms with van der Waals surface area (Å²) in [5.74, 6) is -1.20. The largest absolute Gasteiger partial charge is 0.372 e. The molecule has 7 nitrogen and oxygen atoms in total. The van der Waals surface area contributed by atoms with Gasteiger partial charge in [-0.1, -0.05) is 0 Å². The van der Waals surface area contributed by atoms with Crippen LogP contribution >= 0.6 is 0 Å². The molecule has 1 fully saturated rings. The van der Waals surface area contributed by atoms with Crippen molar-refractivity contribution >= 4 is 29.6 Å². The van der Waals surface area contributed by atoms with Crippen molar-refractivity contribution in [2.75, 3.05) is 49.5 Å². The molecule has 1 aliphatic rings. The standard InChI is InChI=1S/C18H26N4O3/c1-4-21(5-2)15-6-7-16(14(3)12-15)19-17(24)18(25)22-10-8-20(13-23)9-11-22/h6-7,12-13H,4-5,8-11H2,1-3H3,(H,19,24). The van der Waals surface area contributed by atoms with E-state index in [0.717, 1.165) is 30.8 Å². The summed E-state index contributed by atoms with van der Waals surface area (Å²) >= 11 is 0. The van der Waals surface area contributed by atoms with E-state index >= 15 is 0 Å². The van der Waals surface area contributed by atoms with Gasteiger partial charge in [0.25, 0.3) is 0 Å². The van der Waals surface area contributed by atoms with Gasteiger partial charge in [0.15, 0.2) is 0 Å². The number of rotatable bonds is 5. The molecule has 0 unspecified atom stereocenters. The van der Waals surface area contributed by atoms with Crippen molar-refractivity contribution in [3.05, 3.63) is 23.8 Å². The molecule has 1 aromatic carbocycles. The van der Waals surface area contributed by atoms with Gasteiger partial charge >= 0.3 is 11.8 Å². The molecule has 0 aliphatic carbocycles. The Morgan fingerprint density at radius 3 is 2.32 bits per heavy atom. The second-order valence-electron chi connectivity index (χ2n) is 6.06. The van der Waals surface area contributed by atoms with Gasteiger partial charge in [-0.2, -0.15) is 0 Å². The fourth-order valence-corrected chi connectivity index (χ4v) is 2.92. The molecule has 0 aromatic heterocycles. The van der Waals surface area contributed by atoms with E-state index in [0.29, 0.717) is 31.9 Å². The molecular weight excluding hydrogens is 320 g/mol. The lowest BCUT2D eigenvalue weighted by Crippen LogP contribution is -2.51. The predicted molar refractivity (Wildman–Crippen MR) is 97.6 cm³/mol. The van der Waals surface area contributed by atoms with Gasteiger partial charge in [-0.3, -0.25) is 14.4 Å².